The van der Waals surface area contributed by atoms with Gasteiger partial charge in [0.2, 0.25) is 19.3 Å². The number of hydrogen-bond acceptors (Lipinski definition) is 6. The van der Waals surface area contributed by atoms with Crippen molar-refractivity contribution < 1.29 is 8.42 Å². The second-order valence-electron chi connectivity index (χ2n) is 3.03. The molecule has 1 aromatic carbocycles. The Morgan fingerprint density at radius 3 is 2.50 bits per heavy atom. The smallest absolute Gasteiger partial charge is 0.221 e. The molecule has 0 unspecified atom stereocenters. The molecular formula is C9H8N2O2S3. The van der Waals surface area contributed by atoms with E-state index in [0.29, 0.717) is 5.16 Å². The Bertz CT molecular complexity index is 578. The van der Waals surface area contributed by atoms with Crippen LogP contribution in [0, 0.1) is 0 Å². The lowest BCUT2D eigenvalue weighted by molar-refractivity contribution is 0.600. The average Bonchev–Trinajstić information content (AvgIpc) is 2.67. The molecular weight excluding hydrogens is 264 g/mol. The fraction of sp³-hybridized carbons (Fsp3) is 0.111. The van der Waals surface area contributed by atoms with Crippen molar-refractivity contribution in [3.8, 4) is 0 Å². The number of aromatic nitrogens is 2. The minimum Gasteiger partial charge on any atom is -0.221 e. The van der Waals surface area contributed by atoms with Crippen LogP contribution in [0.1, 0.15) is 0 Å². The molecule has 1 aromatic heterocycles. The van der Waals surface area contributed by atoms with Crippen LogP contribution in [0.5, 0.6) is 0 Å². The van der Waals surface area contributed by atoms with Gasteiger partial charge >= 0.3 is 0 Å². The summed E-state index contributed by atoms with van der Waals surface area (Å²) in [5.41, 5.74) is 0. The first-order valence-corrected chi connectivity index (χ1v) is 7.80. The quantitative estimate of drug-likeness (QED) is 0.856. The van der Waals surface area contributed by atoms with Gasteiger partial charge in [-0.15, -0.1) is 0 Å². The van der Waals surface area contributed by atoms with Crippen molar-refractivity contribution in [2.45, 2.75) is 14.4 Å². The molecule has 84 valence electrons. The van der Waals surface area contributed by atoms with Gasteiger partial charge in [0.05, 0.1) is 0 Å². The minimum atomic E-state index is -3.24. The summed E-state index contributed by atoms with van der Waals surface area (Å²) < 4.78 is 26.4. The van der Waals surface area contributed by atoms with Gasteiger partial charge in [0.15, 0.2) is 0 Å². The van der Waals surface area contributed by atoms with Gasteiger partial charge in [0.1, 0.15) is 0 Å². The number of hydrogen-bond donors (Lipinski definition) is 0. The molecule has 0 saturated carbocycles. The number of benzene rings is 1. The predicted molar refractivity (Wildman–Crippen MR) is 63.6 cm³/mol. The lowest BCUT2D eigenvalue weighted by atomic mass is 10.4. The molecule has 0 fully saturated rings. The molecule has 2 aromatic rings. The fourth-order valence-electron chi connectivity index (χ4n) is 0.983. The van der Waals surface area contributed by atoms with Crippen LogP contribution in [0.2, 0.25) is 0 Å². The second kappa shape index (κ2) is 4.52. The summed E-state index contributed by atoms with van der Waals surface area (Å²) in [4.78, 5) is 4.95. The maximum absolute atomic E-state index is 11.2. The molecule has 0 N–H and O–H groups in total. The fourth-order valence-corrected chi connectivity index (χ4v) is 3.23. The van der Waals surface area contributed by atoms with Gasteiger partial charge in [-0.25, -0.2) is 8.42 Å². The molecule has 0 bridgehead atoms. The van der Waals surface area contributed by atoms with Crippen LogP contribution in [0.15, 0.2) is 44.7 Å². The summed E-state index contributed by atoms with van der Waals surface area (Å²) in [6, 6.07) is 9.58. The van der Waals surface area contributed by atoms with E-state index in [1.165, 1.54) is 11.8 Å². The third-order valence-corrected chi connectivity index (χ3v) is 5.02. The summed E-state index contributed by atoms with van der Waals surface area (Å²) in [7, 11) is -3.24. The monoisotopic (exact) mass is 272 g/mol. The van der Waals surface area contributed by atoms with Crippen molar-refractivity contribution in [2.75, 3.05) is 6.26 Å². The van der Waals surface area contributed by atoms with Crippen molar-refractivity contribution in [3.05, 3.63) is 30.3 Å². The zero-order valence-electron chi connectivity index (χ0n) is 8.32. The Morgan fingerprint density at radius 1 is 1.25 bits per heavy atom. The van der Waals surface area contributed by atoms with Crippen molar-refractivity contribution in [1.82, 2.24) is 9.36 Å². The largest absolute Gasteiger partial charge is 0.229 e. The molecule has 4 nitrogen and oxygen atoms in total. The Morgan fingerprint density at radius 2 is 1.94 bits per heavy atom. The van der Waals surface area contributed by atoms with Gasteiger partial charge in [0, 0.05) is 11.2 Å². The van der Waals surface area contributed by atoms with Gasteiger partial charge < -0.3 is 0 Å². The van der Waals surface area contributed by atoms with E-state index >= 15 is 0 Å². The molecule has 0 radical (unpaired) electrons. The lowest BCUT2D eigenvalue weighted by Crippen LogP contribution is -1.95. The van der Waals surface area contributed by atoms with Crippen molar-refractivity contribution in [1.29, 1.82) is 0 Å². The Labute approximate surface area is 102 Å². The second-order valence-corrected chi connectivity index (χ2v) is 7.01. The number of sulfone groups is 1. The summed E-state index contributed by atoms with van der Waals surface area (Å²) in [6.45, 7) is 0. The lowest BCUT2D eigenvalue weighted by Gasteiger charge is -1.94. The highest BCUT2D eigenvalue weighted by Gasteiger charge is 2.14. The van der Waals surface area contributed by atoms with Gasteiger partial charge in [-0.05, 0) is 35.4 Å². The molecule has 2 rings (SSSR count). The average molecular weight is 272 g/mol. The zero-order valence-corrected chi connectivity index (χ0v) is 10.8. The van der Waals surface area contributed by atoms with Crippen LogP contribution in [0.25, 0.3) is 0 Å². The van der Waals surface area contributed by atoms with E-state index in [1.54, 1.807) is 0 Å². The molecule has 0 amide bonds. The van der Waals surface area contributed by atoms with E-state index < -0.39 is 9.84 Å². The van der Waals surface area contributed by atoms with E-state index in [0.717, 1.165) is 22.7 Å². The molecule has 0 saturated heterocycles. The first-order valence-electron chi connectivity index (χ1n) is 4.32. The predicted octanol–water partition coefficient (Wildman–Crippen LogP) is 2.09. The number of nitrogens with zero attached hydrogens (tertiary/aromatic N) is 2. The topological polar surface area (TPSA) is 59.9 Å². The van der Waals surface area contributed by atoms with E-state index in [9.17, 15) is 8.42 Å². The summed E-state index contributed by atoms with van der Waals surface area (Å²) in [5.74, 6) is 0. The van der Waals surface area contributed by atoms with E-state index in [2.05, 4.69) is 9.36 Å². The van der Waals surface area contributed by atoms with Crippen molar-refractivity contribution >= 4 is 33.1 Å². The zero-order chi connectivity index (χ0) is 11.6. The van der Waals surface area contributed by atoms with E-state index in [1.807, 2.05) is 30.3 Å². The summed E-state index contributed by atoms with van der Waals surface area (Å²) in [6.07, 6.45) is 1.13. The van der Waals surface area contributed by atoms with Crippen molar-refractivity contribution in [2.24, 2.45) is 0 Å². The van der Waals surface area contributed by atoms with Gasteiger partial charge in [-0.2, -0.15) is 9.36 Å². The summed E-state index contributed by atoms with van der Waals surface area (Å²) in [5, 5.41) is 0.469. The van der Waals surface area contributed by atoms with E-state index in [-0.39, 0.29) is 4.34 Å². The summed E-state index contributed by atoms with van der Waals surface area (Å²) >= 11 is 2.25. The molecule has 0 spiro atoms. The standard InChI is InChI=1S/C9H8N2O2S3/c1-16(12,13)9-10-8(11-15-9)14-7-5-3-2-4-6-7/h2-6H,1H3. The number of rotatable bonds is 3. The first kappa shape index (κ1) is 11.6. The van der Waals surface area contributed by atoms with Crippen LogP contribution >= 0.6 is 23.3 Å². The Kier molecular flexibility index (Phi) is 3.27. The van der Waals surface area contributed by atoms with Crippen molar-refractivity contribution in [3.63, 3.8) is 0 Å². The van der Waals surface area contributed by atoms with Gasteiger partial charge in [-0.3, -0.25) is 0 Å². The maximum Gasteiger partial charge on any atom is 0.229 e. The highest BCUT2D eigenvalue weighted by Crippen LogP contribution is 2.26. The van der Waals surface area contributed by atoms with Crippen LogP contribution in [-0.4, -0.2) is 24.0 Å². The molecule has 0 aliphatic heterocycles. The van der Waals surface area contributed by atoms with E-state index in [4.69, 9.17) is 0 Å². The molecule has 0 aliphatic carbocycles. The molecule has 0 atom stereocenters. The minimum absolute atomic E-state index is 0.0610. The molecule has 16 heavy (non-hydrogen) atoms. The SMILES string of the molecule is CS(=O)(=O)c1nc(Sc2ccccc2)ns1. The highest BCUT2D eigenvalue weighted by atomic mass is 32.2. The Hall–Kier alpha value is -0.920. The highest BCUT2D eigenvalue weighted by molar-refractivity contribution is 7.99. The molecule has 0 aliphatic rings. The normalized spacial score (nSPS) is 11.6. The van der Waals surface area contributed by atoms with Crippen LogP contribution in [-0.2, 0) is 9.84 Å². The van der Waals surface area contributed by atoms with Gasteiger partial charge in [-0.1, -0.05) is 18.2 Å². The van der Waals surface area contributed by atoms with Crippen LogP contribution in [0.3, 0.4) is 0 Å². The third kappa shape index (κ3) is 2.81. The third-order valence-electron chi connectivity index (χ3n) is 1.66. The molecule has 1 heterocycles. The van der Waals surface area contributed by atoms with Gasteiger partial charge in [0.25, 0.3) is 0 Å². The maximum atomic E-state index is 11.2. The van der Waals surface area contributed by atoms with Crippen LogP contribution in [0.4, 0.5) is 0 Å². The first-order chi connectivity index (χ1) is 7.55. The van der Waals surface area contributed by atoms with Crippen LogP contribution < -0.4 is 0 Å². The Balaban J connectivity index is 2.22. The molecule has 7 heteroatoms.